The lowest BCUT2D eigenvalue weighted by Crippen LogP contribution is -2.15. The molecule has 3 N–H and O–H groups in total. The largest absolute Gasteiger partial charge is 0.468 e. The van der Waals surface area contributed by atoms with Crippen LogP contribution in [0.5, 0.6) is 0 Å². The van der Waals surface area contributed by atoms with Gasteiger partial charge in [-0.15, -0.1) is 0 Å². The lowest BCUT2D eigenvalue weighted by atomic mass is 10.3. The van der Waals surface area contributed by atoms with Crippen LogP contribution in [0.3, 0.4) is 0 Å². The second-order valence-corrected chi connectivity index (χ2v) is 3.52. The van der Waals surface area contributed by atoms with Gasteiger partial charge in [0.1, 0.15) is 6.54 Å². The van der Waals surface area contributed by atoms with Gasteiger partial charge in [0.15, 0.2) is 0 Å². The average molecular weight is 259 g/mol. The van der Waals surface area contributed by atoms with Gasteiger partial charge < -0.3 is 15.8 Å². The summed E-state index contributed by atoms with van der Waals surface area (Å²) in [6.45, 7) is 0.138. The van der Waals surface area contributed by atoms with E-state index in [1.54, 1.807) is 18.2 Å². The van der Waals surface area contributed by atoms with Crippen molar-refractivity contribution >= 4 is 33.3 Å². The number of methoxy groups -OCH3 is 1. The number of benzene rings is 1. The highest BCUT2D eigenvalue weighted by Gasteiger charge is 2.02. The Morgan fingerprint density at radius 2 is 2.36 bits per heavy atom. The Hall–Kier alpha value is -1.23. The van der Waals surface area contributed by atoms with Crippen molar-refractivity contribution in [2.75, 3.05) is 24.7 Å². The first-order chi connectivity index (χ1) is 6.63. The van der Waals surface area contributed by atoms with Crippen molar-refractivity contribution < 1.29 is 9.53 Å². The van der Waals surface area contributed by atoms with Crippen molar-refractivity contribution in [2.45, 2.75) is 0 Å². The van der Waals surface area contributed by atoms with E-state index in [-0.39, 0.29) is 12.5 Å². The molecular weight excluding hydrogens is 248 g/mol. The van der Waals surface area contributed by atoms with E-state index in [1.165, 1.54) is 7.11 Å². The molecule has 76 valence electrons. The zero-order valence-electron chi connectivity index (χ0n) is 7.71. The van der Waals surface area contributed by atoms with Crippen molar-refractivity contribution in [3.8, 4) is 0 Å². The van der Waals surface area contributed by atoms with E-state index < -0.39 is 0 Å². The van der Waals surface area contributed by atoms with Crippen LogP contribution in [0.2, 0.25) is 0 Å². The zero-order chi connectivity index (χ0) is 10.6. The number of hydrogen-bond donors (Lipinski definition) is 2. The first-order valence-corrected chi connectivity index (χ1v) is 4.78. The molecule has 1 aromatic rings. The Bertz CT molecular complexity index is 342. The average Bonchev–Trinajstić information content (AvgIpc) is 2.16. The summed E-state index contributed by atoms with van der Waals surface area (Å²) in [6, 6.07) is 5.31. The number of rotatable bonds is 3. The highest BCUT2D eigenvalue weighted by Crippen LogP contribution is 2.24. The number of anilines is 2. The lowest BCUT2D eigenvalue weighted by molar-refractivity contribution is -0.138. The number of hydrogen-bond acceptors (Lipinski definition) is 4. The standard InChI is InChI=1S/C9H11BrN2O2/c1-14-9(13)5-12-8-3-2-6(11)4-7(8)10/h2-4,12H,5,11H2,1H3. The first kappa shape index (κ1) is 10.8. The minimum atomic E-state index is -0.311. The molecule has 0 amide bonds. The van der Waals surface area contributed by atoms with Gasteiger partial charge >= 0.3 is 5.97 Å². The number of nitrogens with two attached hydrogens (primary N) is 1. The first-order valence-electron chi connectivity index (χ1n) is 3.99. The summed E-state index contributed by atoms with van der Waals surface area (Å²) < 4.78 is 5.31. The Morgan fingerprint density at radius 3 is 2.93 bits per heavy atom. The van der Waals surface area contributed by atoms with Gasteiger partial charge in [0.05, 0.1) is 7.11 Å². The molecule has 0 aliphatic heterocycles. The van der Waals surface area contributed by atoms with Crippen LogP contribution < -0.4 is 11.1 Å². The van der Waals surface area contributed by atoms with Crippen LogP contribution in [0.25, 0.3) is 0 Å². The Kier molecular flexibility index (Phi) is 3.76. The van der Waals surface area contributed by atoms with Crippen LogP contribution >= 0.6 is 15.9 Å². The molecule has 0 aliphatic rings. The smallest absolute Gasteiger partial charge is 0.325 e. The van der Waals surface area contributed by atoms with Crippen molar-refractivity contribution in [2.24, 2.45) is 0 Å². The van der Waals surface area contributed by atoms with Gasteiger partial charge in [0.25, 0.3) is 0 Å². The predicted molar refractivity (Wildman–Crippen MR) is 59.1 cm³/mol. The monoisotopic (exact) mass is 258 g/mol. The van der Waals surface area contributed by atoms with Crippen LogP contribution in [-0.2, 0) is 9.53 Å². The maximum absolute atomic E-state index is 10.8. The van der Waals surface area contributed by atoms with Crippen LogP contribution in [0.4, 0.5) is 11.4 Å². The van der Waals surface area contributed by atoms with E-state index in [2.05, 4.69) is 26.0 Å². The molecule has 0 fully saturated rings. The molecule has 4 nitrogen and oxygen atoms in total. The molecule has 1 aromatic carbocycles. The third kappa shape index (κ3) is 2.92. The van der Waals surface area contributed by atoms with Gasteiger partial charge in [-0.25, -0.2) is 0 Å². The fraction of sp³-hybridized carbons (Fsp3) is 0.222. The van der Waals surface area contributed by atoms with E-state index in [1.807, 2.05) is 0 Å². The molecule has 0 aromatic heterocycles. The molecule has 0 radical (unpaired) electrons. The van der Waals surface area contributed by atoms with Crippen molar-refractivity contribution in [3.63, 3.8) is 0 Å². The summed E-state index contributed by atoms with van der Waals surface area (Å²) in [5.41, 5.74) is 7.04. The van der Waals surface area contributed by atoms with Gasteiger partial charge in [-0.1, -0.05) is 0 Å². The van der Waals surface area contributed by atoms with E-state index in [4.69, 9.17) is 5.73 Å². The van der Waals surface area contributed by atoms with E-state index in [0.717, 1.165) is 10.2 Å². The van der Waals surface area contributed by atoms with Gasteiger partial charge in [-0.2, -0.15) is 0 Å². The highest BCUT2D eigenvalue weighted by molar-refractivity contribution is 9.10. The van der Waals surface area contributed by atoms with E-state index >= 15 is 0 Å². The second-order valence-electron chi connectivity index (χ2n) is 2.67. The van der Waals surface area contributed by atoms with E-state index in [9.17, 15) is 4.79 Å². The number of ether oxygens (including phenoxy) is 1. The molecule has 0 saturated carbocycles. The third-order valence-corrected chi connectivity index (χ3v) is 2.30. The molecule has 0 aliphatic carbocycles. The fourth-order valence-electron chi connectivity index (χ4n) is 0.914. The molecule has 0 heterocycles. The Balaban J connectivity index is 2.63. The molecule has 1 rings (SSSR count). The number of nitrogens with one attached hydrogen (secondary N) is 1. The van der Waals surface area contributed by atoms with Crippen molar-refractivity contribution in [1.82, 2.24) is 0 Å². The molecular formula is C9H11BrN2O2. The SMILES string of the molecule is COC(=O)CNc1ccc(N)cc1Br. The minimum absolute atomic E-state index is 0.138. The summed E-state index contributed by atoms with van der Waals surface area (Å²) in [5.74, 6) is -0.311. The predicted octanol–water partition coefficient (Wildman–Crippen LogP) is 1.62. The molecule has 0 atom stereocenters. The van der Waals surface area contributed by atoms with Gasteiger partial charge in [-0.3, -0.25) is 4.79 Å². The van der Waals surface area contributed by atoms with E-state index in [0.29, 0.717) is 5.69 Å². The van der Waals surface area contributed by atoms with Crippen LogP contribution in [0.15, 0.2) is 22.7 Å². The maximum Gasteiger partial charge on any atom is 0.325 e. The van der Waals surface area contributed by atoms with Crippen LogP contribution in [0.1, 0.15) is 0 Å². The molecule has 0 spiro atoms. The maximum atomic E-state index is 10.8. The summed E-state index contributed by atoms with van der Waals surface area (Å²) in [6.07, 6.45) is 0. The number of carbonyl (C=O) groups excluding carboxylic acids is 1. The summed E-state index contributed by atoms with van der Waals surface area (Å²) >= 11 is 3.32. The van der Waals surface area contributed by atoms with Crippen LogP contribution in [-0.4, -0.2) is 19.6 Å². The summed E-state index contributed by atoms with van der Waals surface area (Å²) in [4.78, 5) is 10.8. The van der Waals surface area contributed by atoms with Gasteiger partial charge in [0.2, 0.25) is 0 Å². The Labute approximate surface area is 90.6 Å². The fourth-order valence-corrected chi connectivity index (χ4v) is 1.45. The third-order valence-electron chi connectivity index (χ3n) is 1.64. The normalized spacial score (nSPS) is 9.57. The molecule has 0 unspecified atom stereocenters. The molecule has 0 saturated heterocycles. The topological polar surface area (TPSA) is 64.3 Å². The number of halogens is 1. The summed E-state index contributed by atoms with van der Waals surface area (Å²) in [5, 5.41) is 2.91. The minimum Gasteiger partial charge on any atom is -0.468 e. The quantitative estimate of drug-likeness (QED) is 0.639. The van der Waals surface area contributed by atoms with Crippen molar-refractivity contribution in [3.05, 3.63) is 22.7 Å². The molecule has 0 bridgehead atoms. The lowest BCUT2D eigenvalue weighted by Gasteiger charge is -2.07. The number of nitrogen functional groups attached to an aromatic ring is 1. The highest BCUT2D eigenvalue weighted by atomic mass is 79.9. The van der Waals surface area contributed by atoms with Gasteiger partial charge in [0, 0.05) is 15.8 Å². The van der Waals surface area contributed by atoms with Crippen molar-refractivity contribution in [1.29, 1.82) is 0 Å². The van der Waals surface area contributed by atoms with Crippen LogP contribution in [0, 0.1) is 0 Å². The van der Waals surface area contributed by atoms with Gasteiger partial charge in [-0.05, 0) is 34.1 Å². The summed E-state index contributed by atoms with van der Waals surface area (Å²) in [7, 11) is 1.35. The number of esters is 1. The zero-order valence-corrected chi connectivity index (χ0v) is 9.30. The Morgan fingerprint density at radius 1 is 1.64 bits per heavy atom. The second kappa shape index (κ2) is 4.85. The molecule has 14 heavy (non-hydrogen) atoms. The number of carbonyl (C=O) groups is 1. The molecule has 5 heteroatoms.